The summed E-state index contributed by atoms with van der Waals surface area (Å²) in [5.74, 6) is 7.01. The quantitative estimate of drug-likeness (QED) is 0.0734. The average molecular weight is 762 g/mol. The summed E-state index contributed by atoms with van der Waals surface area (Å²) in [6.45, 7) is 7.41. The molecule has 15 heteroatoms. The lowest BCUT2D eigenvalue weighted by Gasteiger charge is -2.22. The van der Waals surface area contributed by atoms with Gasteiger partial charge in [0.15, 0.2) is 5.82 Å². The molecule has 0 saturated heterocycles. The van der Waals surface area contributed by atoms with E-state index < -0.39 is 17.9 Å². The van der Waals surface area contributed by atoms with Crippen LogP contribution in [0.3, 0.4) is 0 Å². The third-order valence-corrected chi connectivity index (χ3v) is 10.9. The standard InChI is InChI=1S/C39H36ClN9O4S/c1-23(9-16-33(51)43-22-50)48-37(52)29-7-6-8-30(35(29)38(48)53)41-17-4-5-18-47-21-26(19-44-47)10-15-31-24(2)34-36(27-11-13-28(40)14-12-27)42-20-32-46-45-25(3)49(32)39(34)54-31/h6-8,11-14,19,21-23,41H,4-5,9,16-18,20H2,1-3H3,(H,43,50,51). The fourth-order valence-corrected chi connectivity index (χ4v) is 8.02. The molecule has 2 N–H and O–H groups in total. The van der Waals surface area contributed by atoms with Crippen LogP contribution < -0.4 is 10.6 Å². The molecule has 4 amide bonds. The van der Waals surface area contributed by atoms with Gasteiger partial charge in [-0.2, -0.15) is 5.10 Å². The molecule has 13 nitrogen and oxygen atoms in total. The number of aryl methyl sites for hydroxylation is 2. The molecule has 1 unspecified atom stereocenters. The van der Waals surface area contributed by atoms with E-state index in [-0.39, 0.29) is 18.7 Å². The van der Waals surface area contributed by atoms with Crippen molar-refractivity contribution in [1.82, 2.24) is 34.8 Å². The Balaban J connectivity index is 0.977. The summed E-state index contributed by atoms with van der Waals surface area (Å²) in [5.41, 5.74) is 5.97. The van der Waals surface area contributed by atoms with Gasteiger partial charge in [0, 0.05) is 53.6 Å². The highest BCUT2D eigenvalue weighted by molar-refractivity contribution is 7.15. The van der Waals surface area contributed by atoms with Crippen molar-refractivity contribution in [1.29, 1.82) is 0 Å². The molecule has 2 aliphatic heterocycles. The number of hydrogen-bond donors (Lipinski definition) is 2. The minimum Gasteiger partial charge on any atom is -0.384 e. The Labute approximate surface area is 320 Å². The molecule has 274 valence electrons. The zero-order valence-corrected chi connectivity index (χ0v) is 31.4. The zero-order valence-electron chi connectivity index (χ0n) is 29.9. The van der Waals surface area contributed by atoms with Gasteiger partial charge < -0.3 is 5.32 Å². The van der Waals surface area contributed by atoms with Crippen LogP contribution in [0.5, 0.6) is 0 Å². The number of nitrogens with zero attached hydrogens (tertiary/aromatic N) is 7. The number of aliphatic imine (C=N–C) groups is 1. The van der Waals surface area contributed by atoms with E-state index in [1.807, 2.05) is 42.1 Å². The Morgan fingerprint density at radius 1 is 1.06 bits per heavy atom. The van der Waals surface area contributed by atoms with Crippen molar-refractivity contribution in [3.8, 4) is 16.8 Å². The first-order chi connectivity index (χ1) is 26.1. The number of anilines is 1. The molecule has 0 saturated carbocycles. The van der Waals surface area contributed by atoms with Gasteiger partial charge in [0.05, 0.1) is 33.5 Å². The highest BCUT2D eigenvalue weighted by atomic mass is 35.5. The highest BCUT2D eigenvalue weighted by Crippen LogP contribution is 2.37. The normalized spacial score (nSPS) is 13.6. The number of fused-ring (bicyclic) bond motifs is 4. The third-order valence-electron chi connectivity index (χ3n) is 9.44. The van der Waals surface area contributed by atoms with E-state index in [1.165, 1.54) is 4.90 Å². The number of imide groups is 2. The lowest BCUT2D eigenvalue weighted by Crippen LogP contribution is -2.38. The summed E-state index contributed by atoms with van der Waals surface area (Å²) < 4.78 is 3.94. The predicted molar refractivity (Wildman–Crippen MR) is 205 cm³/mol. The SMILES string of the molecule is Cc1c(C#Cc2cnn(CCCCNc3cccc4c3C(=O)N(C(C)CCC(=O)NC=O)C4=O)c2)sc2c1C(c1ccc(Cl)cc1)=NCc1nnc(C)n1-2. The van der Waals surface area contributed by atoms with Crippen LogP contribution in [-0.4, -0.2) is 71.9 Å². The molecule has 0 bridgehead atoms. The van der Waals surface area contributed by atoms with Gasteiger partial charge in [-0.1, -0.05) is 41.6 Å². The zero-order chi connectivity index (χ0) is 37.9. The van der Waals surface area contributed by atoms with Gasteiger partial charge in [0.1, 0.15) is 17.4 Å². The number of carbonyl (C=O) groups is 4. The van der Waals surface area contributed by atoms with Crippen molar-refractivity contribution in [3.63, 3.8) is 0 Å². The summed E-state index contributed by atoms with van der Waals surface area (Å²) >= 11 is 7.79. The highest BCUT2D eigenvalue weighted by Gasteiger charge is 2.40. The molecule has 5 heterocycles. The fourth-order valence-electron chi connectivity index (χ4n) is 6.66. The maximum atomic E-state index is 13.3. The smallest absolute Gasteiger partial charge is 0.263 e. The van der Waals surface area contributed by atoms with Crippen LogP contribution in [0.4, 0.5) is 5.69 Å². The molecule has 0 spiro atoms. The van der Waals surface area contributed by atoms with Crippen molar-refractivity contribution < 1.29 is 19.2 Å². The van der Waals surface area contributed by atoms with Crippen LogP contribution in [0.1, 0.15) is 92.1 Å². The summed E-state index contributed by atoms with van der Waals surface area (Å²) in [5, 5.41) is 20.3. The number of hydrogen-bond acceptors (Lipinski definition) is 10. The van der Waals surface area contributed by atoms with E-state index in [0.29, 0.717) is 47.9 Å². The Morgan fingerprint density at radius 3 is 2.67 bits per heavy atom. The second kappa shape index (κ2) is 15.6. The number of halogens is 1. The molecule has 5 aromatic rings. The van der Waals surface area contributed by atoms with Crippen molar-refractivity contribution in [2.75, 3.05) is 11.9 Å². The van der Waals surface area contributed by atoms with E-state index in [2.05, 4.69) is 49.3 Å². The van der Waals surface area contributed by atoms with Crippen LogP contribution in [0.25, 0.3) is 5.00 Å². The number of nitrogens with one attached hydrogen (secondary N) is 2. The molecule has 7 rings (SSSR count). The van der Waals surface area contributed by atoms with E-state index >= 15 is 0 Å². The van der Waals surface area contributed by atoms with E-state index in [9.17, 15) is 19.2 Å². The number of aromatic nitrogens is 5. The summed E-state index contributed by atoms with van der Waals surface area (Å²) in [6.07, 6.45) is 5.89. The van der Waals surface area contributed by atoms with Crippen LogP contribution >= 0.6 is 22.9 Å². The number of benzene rings is 2. The molecule has 0 radical (unpaired) electrons. The molecular formula is C39H36ClN9O4S. The Kier molecular flexibility index (Phi) is 10.5. The lowest BCUT2D eigenvalue weighted by molar-refractivity contribution is -0.125. The number of carbonyl (C=O) groups excluding carboxylic acids is 4. The Morgan fingerprint density at radius 2 is 1.87 bits per heavy atom. The maximum Gasteiger partial charge on any atom is 0.263 e. The van der Waals surface area contributed by atoms with E-state index in [0.717, 1.165) is 62.3 Å². The molecule has 1 atom stereocenters. The summed E-state index contributed by atoms with van der Waals surface area (Å²) in [7, 11) is 0. The van der Waals surface area contributed by atoms with Crippen LogP contribution in [-0.2, 0) is 22.7 Å². The lowest BCUT2D eigenvalue weighted by atomic mass is 10.00. The van der Waals surface area contributed by atoms with Gasteiger partial charge >= 0.3 is 0 Å². The first-order valence-electron chi connectivity index (χ1n) is 17.5. The number of thiophene rings is 1. The van der Waals surface area contributed by atoms with Crippen molar-refractivity contribution in [2.45, 2.75) is 65.6 Å². The van der Waals surface area contributed by atoms with E-state index in [1.54, 1.807) is 42.7 Å². The fraction of sp³-hybridized carbons (Fsp3) is 0.282. The third kappa shape index (κ3) is 7.20. The van der Waals surface area contributed by atoms with Crippen molar-refractivity contribution in [3.05, 3.63) is 110 Å². The largest absolute Gasteiger partial charge is 0.384 e. The van der Waals surface area contributed by atoms with Crippen molar-refractivity contribution in [2.24, 2.45) is 4.99 Å². The minimum absolute atomic E-state index is 0.0204. The predicted octanol–water partition coefficient (Wildman–Crippen LogP) is 5.48. The monoisotopic (exact) mass is 761 g/mol. The molecular weight excluding hydrogens is 726 g/mol. The summed E-state index contributed by atoms with van der Waals surface area (Å²) in [6, 6.07) is 12.4. The molecule has 54 heavy (non-hydrogen) atoms. The van der Waals surface area contributed by atoms with Gasteiger partial charge in [0.25, 0.3) is 11.8 Å². The molecule has 0 fully saturated rings. The Bertz CT molecular complexity index is 2380. The molecule has 2 aromatic carbocycles. The molecule has 3 aromatic heterocycles. The first-order valence-corrected chi connectivity index (χ1v) is 18.7. The van der Waals surface area contributed by atoms with Gasteiger partial charge in [-0.05, 0) is 69.9 Å². The second-order valence-corrected chi connectivity index (χ2v) is 14.5. The average Bonchev–Trinajstić information content (AvgIpc) is 3.89. The number of unbranched alkanes of at least 4 members (excludes halogenated alkanes) is 1. The van der Waals surface area contributed by atoms with Gasteiger partial charge in [0.2, 0.25) is 12.3 Å². The Hall–Kier alpha value is -5.91. The van der Waals surface area contributed by atoms with Crippen LogP contribution in [0.2, 0.25) is 5.02 Å². The topological polar surface area (TPSA) is 156 Å². The van der Waals surface area contributed by atoms with Crippen LogP contribution in [0, 0.1) is 25.7 Å². The van der Waals surface area contributed by atoms with E-state index in [4.69, 9.17) is 16.6 Å². The van der Waals surface area contributed by atoms with Crippen molar-refractivity contribution >= 4 is 58.5 Å². The van der Waals surface area contributed by atoms with Crippen LogP contribution in [0.15, 0.2) is 59.9 Å². The summed E-state index contributed by atoms with van der Waals surface area (Å²) in [4.78, 5) is 55.8. The second-order valence-electron chi connectivity index (χ2n) is 13.1. The number of rotatable bonds is 12. The first kappa shape index (κ1) is 36.4. The maximum absolute atomic E-state index is 13.3. The van der Waals surface area contributed by atoms with Gasteiger partial charge in [-0.15, -0.1) is 21.5 Å². The number of amides is 4. The molecule has 0 aliphatic carbocycles. The van der Waals surface area contributed by atoms with Gasteiger partial charge in [-0.25, -0.2) is 0 Å². The minimum atomic E-state index is -0.509. The molecule has 2 aliphatic rings. The van der Waals surface area contributed by atoms with Gasteiger partial charge in [-0.3, -0.25) is 43.6 Å².